The Morgan fingerprint density at radius 2 is 2.12 bits per heavy atom. The van der Waals surface area contributed by atoms with Gasteiger partial charge in [-0.3, -0.25) is 9.59 Å². The van der Waals surface area contributed by atoms with Crippen molar-refractivity contribution in [1.29, 1.82) is 0 Å². The molecule has 3 rings (SSSR count). The average molecular weight is 334 g/mol. The molecule has 1 unspecified atom stereocenters. The van der Waals surface area contributed by atoms with E-state index in [1.165, 1.54) is 18.4 Å². The summed E-state index contributed by atoms with van der Waals surface area (Å²) < 4.78 is 5.12. The van der Waals surface area contributed by atoms with Crippen molar-refractivity contribution in [1.82, 2.24) is 9.80 Å². The van der Waals surface area contributed by atoms with Gasteiger partial charge in [-0.15, -0.1) is 0 Å². The molecule has 0 aromatic rings. The van der Waals surface area contributed by atoms with Gasteiger partial charge >= 0.3 is 0 Å². The molecule has 0 bridgehead atoms. The SMILES string of the molecule is COCCN1CCCC2(CCN(C(=O)CC3=CCCCC3)C2)C1=O. The Morgan fingerprint density at radius 3 is 2.88 bits per heavy atom. The molecule has 1 atom stereocenters. The summed E-state index contributed by atoms with van der Waals surface area (Å²) in [4.78, 5) is 29.4. The zero-order valence-electron chi connectivity index (χ0n) is 14.9. The van der Waals surface area contributed by atoms with Crippen molar-refractivity contribution < 1.29 is 14.3 Å². The molecule has 0 radical (unpaired) electrons. The molecule has 0 N–H and O–H groups in total. The van der Waals surface area contributed by atoms with Crippen molar-refractivity contribution in [2.45, 2.75) is 51.4 Å². The smallest absolute Gasteiger partial charge is 0.230 e. The molecular formula is C19H30N2O3. The Bertz CT molecular complexity index is 517. The first-order chi connectivity index (χ1) is 11.6. The molecule has 0 saturated carbocycles. The van der Waals surface area contributed by atoms with E-state index in [0.717, 1.165) is 45.2 Å². The molecule has 1 aliphatic carbocycles. The van der Waals surface area contributed by atoms with E-state index in [4.69, 9.17) is 4.74 Å². The zero-order chi connectivity index (χ0) is 17.0. The monoisotopic (exact) mass is 334 g/mol. The van der Waals surface area contributed by atoms with Crippen molar-refractivity contribution in [3.63, 3.8) is 0 Å². The van der Waals surface area contributed by atoms with E-state index < -0.39 is 0 Å². The summed E-state index contributed by atoms with van der Waals surface area (Å²) in [6, 6.07) is 0. The number of methoxy groups -OCH3 is 1. The van der Waals surface area contributed by atoms with Gasteiger partial charge in [0.15, 0.2) is 0 Å². The maximum Gasteiger partial charge on any atom is 0.230 e. The molecule has 2 heterocycles. The molecule has 1 spiro atoms. The van der Waals surface area contributed by atoms with Crippen LogP contribution in [0.3, 0.4) is 0 Å². The van der Waals surface area contributed by atoms with Gasteiger partial charge in [0.2, 0.25) is 11.8 Å². The summed E-state index contributed by atoms with van der Waals surface area (Å²) >= 11 is 0. The molecule has 5 heteroatoms. The maximum absolute atomic E-state index is 12.9. The molecular weight excluding hydrogens is 304 g/mol. The number of carbonyl (C=O) groups is 2. The first kappa shape index (κ1) is 17.5. The fraction of sp³-hybridized carbons (Fsp3) is 0.789. The van der Waals surface area contributed by atoms with Crippen LogP contribution in [0.2, 0.25) is 0 Å². The van der Waals surface area contributed by atoms with E-state index in [1.807, 2.05) is 9.80 Å². The van der Waals surface area contributed by atoms with E-state index in [-0.39, 0.29) is 17.2 Å². The van der Waals surface area contributed by atoms with Crippen LogP contribution in [0.5, 0.6) is 0 Å². The van der Waals surface area contributed by atoms with Gasteiger partial charge in [0, 0.05) is 39.7 Å². The molecule has 2 fully saturated rings. The van der Waals surface area contributed by atoms with Gasteiger partial charge in [0.05, 0.1) is 12.0 Å². The van der Waals surface area contributed by atoms with Gasteiger partial charge in [0.25, 0.3) is 0 Å². The van der Waals surface area contributed by atoms with Crippen LogP contribution in [-0.2, 0) is 14.3 Å². The second kappa shape index (κ2) is 7.68. The normalized spacial score (nSPS) is 27.7. The summed E-state index contributed by atoms with van der Waals surface area (Å²) in [5.74, 6) is 0.444. The van der Waals surface area contributed by atoms with Crippen LogP contribution in [0.1, 0.15) is 51.4 Å². The molecule has 134 valence electrons. The highest BCUT2D eigenvalue weighted by Crippen LogP contribution is 2.40. The van der Waals surface area contributed by atoms with Crippen LogP contribution < -0.4 is 0 Å². The maximum atomic E-state index is 12.9. The topological polar surface area (TPSA) is 49.9 Å². The van der Waals surface area contributed by atoms with E-state index in [9.17, 15) is 9.59 Å². The van der Waals surface area contributed by atoms with Crippen LogP contribution in [0.4, 0.5) is 0 Å². The minimum Gasteiger partial charge on any atom is -0.383 e. The van der Waals surface area contributed by atoms with Gasteiger partial charge in [0.1, 0.15) is 0 Å². The third-order valence-corrected chi connectivity index (χ3v) is 5.86. The lowest BCUT2D eigenvalue weighted by molar-refractivity contribution is -0.146. The number of nitrogens with zero attached hydrogens (tertiary/aromatic N) is 2. The predicted octanol–water partition coefficient (Wildman–Crippen LogP) is 2.36. The molecule has 3 aliphatic rings. The lowest BCUT2D eigenvalue weighted by Gasteiger charge is -2.39. The second-order valence-corrected chi connectivity index (χ2v) is 7.52. The Labute approximate surface area is 145 Å². The summed E-state index contributed by atoms with van der Waals surface area (Å²) in [5.41, 5.74) is 0.965. The summed E-state index contributed by atoms with van der Waals surface area (Å²) in [6.45, 7) is 3.42. The lowest BCUT2D eigenvalue weighted by atomic mass is 9.78. The van der Waals surface area contributed by atoms with E-state index in [0.29, 0.717) is 26.1 Å². The second-order valence-electron chi connectivity index (χ2n) is 7.52. The van der Waals surface area contributed by atoms with Crippen molar-refractivity contribution >= 4 is 11.8 Å². The number of allylic oxidation sites excluding steroid dienone is 1. The number of hydrogen-bond donors (Lipinski definition) is 0. The number of ether oxygens (including phenoxy) is 1. The van der Waals surface area contributed by atoms with Gasteiger partial charge in [-0.1, -0.05) is 11.6 Å². The van der Waals surface area contributed by atoms with Crippen molar-refractivity contribution in [2.24, 2.45) is 5.41 Å². The number of likely N-dealkylation sites (tertiary alicyclic amines) is 2. The van der Waals surface area contributed by atoms with Crippen LogP contribution in [-0.4, -0.2) is 61.5 Å². The zero-order valence-corrected chi connectivity index (χ0v) is 14.9. The summed E-state index contributed by atoms with van der Waals surface area (Å²) in [7, 11) is 1.67. The largest absolute Gasteiger partial charge is 0.383 e. The van der Waals surface area contributed by atoms with Crippen molar-refractivity contribution in [3.8, 4) is 0 Å². The molecule has 2 amide bonds. The summed E-state index contributed by atoms with van der Waals surface area (Å²) in [6.07, 6.45) is 10.2. The Morgan fingerprint density at radius 1 is 1.25 bits per heavy atom. The van der Waals surface area contributed by atoms with Gasteiger partial charge in [-0.2, -0.15) is 0 Å². The molecule has 24 heavy (non-hydrogen) atoms. The Hall–Kier alpha value is -1.36. The molecule has 0 aromatic heterocycles. The lowest BCUT2D eigenvalue weighted by Crippen LogP contribution is -2.51. The first-order valence-electron chi connectivity index (χ1n) is 9.39. The van der Waals surface area contributed by atoms with Crippen LogP contribution >= 0.6 is 0 Å². The Balaban J connectivity index is 1.59. The van der Waals surface area contributed by atoms with Gasteiger partial charge in [-0.05, 0) is 44.9 Å². The number of rotatable bonds is 5. The van der Waals surface area contributed by atoms with E-state index >= 15 is 0 Å². The third-order valence-electron chi connectivity index (χ3n) is 5.86. The highest BCUT2D eigenvalue weighted by atomic mass is 16.5. The average Bonchev–Trinajstić information content (AvgIpc) is 3.03. The first-order valence-corrected chi connectivity index (χ1v) is 9.39. The fourth-order valence-corrected chi connectivity index (χ4v) is 4.40. The Kier molecular flexibility index (Phi) is 5.59. The predicted molar refractivity (Wildman–Crippen MR) is 92.5 cm³/mol. The van der Waals surface area contributed by atoms with Crippen molar-refractivity contribution in [3.05, 3.63) is 11.6 Å². The van der Waals surface area contributed by atoms with Gasteiger partial charge < -0.3 is 14.5 Å². The highest BCUT2D eigenvalue weighted by Gasteiger charge is 2.49. The number of piperidine rings is 1. The third kappa shape index (κ3) is 3.66. The number of hydrogen-bond acceptors (Lipinski definition) is 3. The number of carbonyl (C=O) groups excluding carboxylic acids is 2. The van der Waals surface area contributed by atoms with Gasteiger partial charge in [-0.25, -0.2) is 0 Å². The fourth-order valence-electron chi connectivity index (χ4n) is 4.40. The minimum atomic E-state index is -0.331. The quantitative estimate of drug-likeness (QED) is 0.725. The minimum absolute atomic E-state index is 0.210. The van der Waals surface area contributed by atoms with Crippen molar-refractivity contribution in [2.75, 3.05) is 39.9 Å². The number of amides is 2. The van der Waals surface area contributed by atoms with E-state index in [2.05, 4.69) is 6.08 Å². The van der Waals surface area contributed by atoms with Crippen LogP contribution in [0.25, 0.3) is 0 Å². The standard InChI is InChI=1S/C19H30N2O3/c1-24-13-12-20-10-5-8-19(18(20)23)9-11-21(15-19)17(22)14-16-6-3-2-4-7-16/h6H,2-5,7-15H2,1H3. The molecule has 2 saturated heterocycles. The highest BCUT2D eigenvalue weighted by molar-refractivity contribution is 5.86. The van der Waals surface area contributed by atoms with E-state index in [1.54, 1.807) is 7.11 Å². The van der Waals surface area contributed by atoms with Crippen LogP contribution in [0.15, 0.2) is 11.6 Å². The van der Waals surface area contributed by atoms with Crippen LogP contribution in [0, 0.1) is 5.41 Å². The molecule has 0 aromatic carbocycles. The molecule has 2 aliphatic heterocycles. The molecule has 5 nitrogen and oxygen atoms in total. The summed E-state index contributed by atoms with van der Waals surface area (Å²) in [5, 5.41) is 0.